The average molecular weight is 344 g/mol. The standard InChI is InChI=1S/C17H24N6O2/c1-11(16-12(2)21-25-13(16)3)19-17(24)23-9-7-22(8-10-23)15-5-6-18-14(4)20-15/h5-6,11H,7-10H2,1-4H3,(H,19,24)/t11-/m0/s1. The van der Waals surface area contributed by atoms with Crippen molar-refractivity contribution in [2.75, 3.05) is 31.1 Å². The number of carbonyl (C=O) groups excluding carboxylic acids is 1. The summed E-state index contributed by atoms with van der Waals surface area (Å²) in [5, 5.41) is 6.99. The Bertz CT molecular complexity index is 732. The number of nitrogens with zero attached hydrogens (tertiary/aromatic N) is 5. The van der Waals surface area contributed by atoms with Crippen LogP contribution in [-0.2, 0) is 0 Å². The van der Waals surface area contributed by atoms with Gasteiger partial charge in [-0.25, -0.2) is 14.8 Å². The number of urea groups is 1. The van der Waals surface area contributed by atoms with Gasteiger partial charge >= 0.3 is 6.03 Å². The fourth-order valence-corrected chi connectivity index (χ4v) is 3.22. The van der Waals surface area contributed by atoms with E-state index in [0.29, 0.717) is 13.1 Å². The van der Waals surface area contributed by atoms with E-state index in [1.165, 1.54) is 0 Å². The second-order valence-corrected chi connectivity index (χ2v) is 6.35. The molecule has 2 amide bonds. The molecule has 3 rings (SSSR count). The van der Waals surface area contributed by atoms with Crippen molar-refractivity contribution in [2.45, 2.75) is 33.7 Å². The third-order valence-corrected chi connectivity index (χ3v) is 4.51. The van der Waals surface area contributed by atoms with E-state index in [4.69, 9.17) is 4.52 Å². The summed E-state index contributed by atoms with van der Waals surface area (Å²) in [4.78, 5) is 25.1. The van der Waals surface area contributed by atoms with Crippen LogP contribution in [0.3, 0.4) is 0 Å². The molecule has 25 heavy (non-hydrogen) atoms. The highest BCUT2D eigenvalue weighted by molar-refractivity contribution is 5.75. The van der Waals surface area contributed by atoms with Gasteiger partial charge in [-0.3, -0.25) is 0 Å². The van der Waals surface area contributed by atoms with Crippen LogP contribution in [0.2, 0.25) is 0 Å². The van der Waals surface area contributed by atoms with Crippen LogP contribution < -0.4 is 10.2 Å². The maximum absolute atomic E-state index is 12.5. The predicted octanol–water partition coefficient (Wildman–Crippen LogP) is 1.98. The third-order valence-electron chi connectivity index (χ3n) is 4.51. The van der Waals surface area contributed by atoms with Crippen LogP contribution >= 0.6 is 0 Å². The van der Waals surface area contributed by atoms with Crippen LogP contribution in [0.15, 0.2) is 16.8 Å². The lowest BCUT2D eigenvalue weighted by molar-refractivity contribution is 0.191. The maximum atomic E-state index is 12.5. The van der Waals surface area contributed by atoms with E-state index in [9.17, 15) is 4.79 Å². The largest absolute Gasteiger partial charge is 0.361 e. The van der Waals surface area contributed by atoms with Gasteiger partial charge in [-0.05, 0) is 33.8 Å². The molecule has 0 unspecified atom stereocenters. The van der Waals surface area contributed by atoms with Crippen LogP contribution in [0.5, 0.6) is 0 Å². The second kappa shape index (κ2) is 7.08. The minimum atomic E-state index is -0.138. The molecule has 134 valence electrons. The van der Waals surface area contributed by atoms with E-state index in [2.05, 4.69) is 25.3 Å². The second-order valence-electron chi connectivity index (χ2n) is 6.35. The number of aryl methyl sites for hydroxylation is 3. The highest BCUT2D eigenvalue weighted by atomic mass is 16.5. The molecule has 1 aliphatic rings. The number of hydrogen-bond acceptors (Lipinski definition) is 6. The molecular weight excluding hydrogens is 320 g/mol. The Morgan fingerprint density at radius 2 is 1.96 bits per heavy atom. The molecule has 0 saturated carbocycles. The summed E-state index contributed by atoms with van der Waals surface area (Å²) >= 11 is 0. The number of rotatable bonds is 3. The Balaban J connectivity index is 1.56. The number of amides is 2. The molecule has 2 aromatic rings. The highest BCUT2D eigenvalue weighted by Gasteiger charge is 2.25. The van der Waals surface area contributed by atoms with Gasteiger partial charge in [0.25, 0.3) is 0 Å². The molecule has 1 aliphatic heterocycles. The van der Waals surface area contributed by atoms with Crippen LogP contribution in [0.1, 0.15) is 35.8 Å². The van der Waals surface area contributed by atoms with Crippen LogP contribution in [-0.4, -0.2) is 52.2 Å². The number of anilines is 1. The van der Waals surface area contributed by atoms with Gasteiger partial charge in [-0.15, -0.1) is 0 Å². The van der Waals surface area contributed by atoms with Gasteiger partial charge in [0.05, 0.1) is 11.7 Å². The van der Waals surface area contributed by atoms with Crippen molar-refractivity contribution in [3.63, 3.8) is 0 Å². The molecule has 3 heterocycles. The Morgan fingerprint density at radius 1 is 1.24 bits per heavy atom. The lowest BCUT2D eigenvalue weighted by atomic mass is 10.1. The number of hydrogen-bond donors (Lipinski definition) is 1. The molecule has 8 nitrogen and oxygen atoms in total. The molecule has 0 radical (unpaired) electrons. The van der Waals surface area contributed by atoms with Crippen molar-refractivity contribution in [1.82, 2.24) is 25.3 Å². The van der Waals surface area contributed by atoms with Gasteiger partial charge in [0.15, 0.2) is 0 Å². The van der Waals surface area contributed by atoms with Crippen LogP contribution in [0.25, 0.3) is 0 Å². The van der Waals surface area contributed by atoms with Gasteiger partial charge in [-0.1, -0.05) is 5.16 Å². The predicted molar refractivity (Wildman–Crippen MR) is 93.5 cm³/mol. The molecule has 1 N–H and O–H groups in total. The van der Waals surface area contributed by atoms with Gasteiger partial charge in [0.2, 0.25) is 0 Å². The zero-order chi connectivity index (χ0) is 18.0. The van der Waals surface area contributed by atoms with E-state index < -0.39 is 0 Å². The van der Waals surface area contributed by atoms with Gasteiger partial charge in [-0.2, -0.15) is 0 Å². The summed E-state index contributed by atoms with van der Waals surface area (Å²) in [7, 11) is 0. The maximum Gasteiger partial charge on any atom is 0.317 e. The van der Waals surface area contributed by atoms with Crippen LogP contribution in [0.4, 0.5) is 10.6 Å². The van der Waals surface area contributed by atoms with Crippen molar-refractivity contribution in [2.24, 2.45) is 0 Å². The zero-order valence-electron chi connectivity index (χ0n) is 15.1. The molecule has 8 heteroatoms. The summed E-state index contributed by atoms with van der Waals surface area (Å²) in [5.41, 5.74) is 1.76. The highest BCUT2D eigenvalue weighted by Crippen LogP contribution is 2.21. The van der Waals surface area contributed by atoms with E-state index >= 15 is 0 Å². The molecule has 1 saturated heterocycles. The smallest absolute Gasteiger partial charge is 0.317 e. The first-order valence-electron chi connectivity index (χ1n) is 8.48. The lowest BCUT2D eigenvalue weighted by Gasteiger charge is -2.35. The zero-order valence-corrected chi connectivity index (χ0v) is 15.1. The minimum absolute atomic E-state index is 0.0639. The first-order valence-corrected chi connectivity index (χ1v) is 8.48. The van der Waals surface area contributed by atoms with Crippen molar-refractivity contribution < 1.29 is 9.32 Å². The van der Waals surface area contributed by atoms with E-state index in [1.807, 2.05) is 38.7 Å². The molecule has 0 bridgehead atoms. The minimum Gasteiger partial charge on any atom is -0.361 e. The van der Waals surface area contributed by atoms with Gasteiger partial charge in [0.1, 0.15) is 17.4 Å². The summed E-state index contributed by atoms with van der Waals surface area (Å²) in [6, 6.07) is 1.70. The van der Waals surface area contributed by atoms with Crippen molar-refractivity contribution in [3.8, 4) is 0 Å². The average Bonchev–Trinajstić information content (AvgIpc) is 2.93. The quantitative estimate of drug-likeness (QED) is 0.916. The molecule has 0 aromatic carbocycles. The molecule has 0 spiro atoms. The van der Waals surface area contributed by atoms with E-state index in [1.54, 1.807) is 6.20 Å². The SMILES string of the molecule is Cc1nccc(N2CCN(C(=O)N[C@@H](C)c3c(C)noc3C)CC2)n1. The lowest BCUT2D eigenvalue weighted by Crippen LogP contribution is -2.52. The van der Waals surface area contributed by atoms with Gasteiger partial charge in [0, 0.05) is 37.9 Å². The molecule has 1 atom stereocenters. The number of aromatic nitrogens is 3. The molecule has 0 aliphatic carbocycles. The third kappa shape index (κ3) is 3.72. The summed E-state index contributed by atoms with van der Waals surface area (Å²) in [6.07, 6.45) is 1.77. The molecular formula is C17H24N6O2. The Morgan fingerprint density at radius 3 is 2.56 bits per heavy atom. The summed E-state index contributed by atoms with van der Waals surface area (Å²) in [6.45, 7) is 10.4. The van der Waals surface area contributed by atoms with Gasteiger partial charge < -0.3 is 19.6 Å². The monoisotopic (exact) mass is 344 g/mol. The summed E-state index contributed by atoms with van der Waals surface area (Å²) in [5.74, 6) is 2.41. The molecule has 2 aromatic heterocycles. The summed E-state index contributed by atoms with van der Waals surface area (Å²) < 4.78 is 5.18. The topological polar surface area (TPSA) is 87.4 Å². The normalized spacial score (nSPS) is 16.0. The fraction of sp³-hybridized carbons (Fsp3) is 0.529. The first-order chi connectivity index (χ1) is 12.0. The number of nitrogens with one attached hydrogen (secondary N) is 1. The van der Waals surface area contributed by atoms with Crippen molar-refractivity contribution in [1.29, 1.82) is 0 Å². The Hall–Kier alpha value is -2.64. The first kappa shape index (κ1) is 17.2. The number of carbonyl (C=O) groups is 1. The Labute approximate surface area is 147 Å². The molecule has 1 fully saturated rings. The van der Waals surface area contributed by atoms with Crippen LogP contribution in [0, 0.1) is 20.8 Å². The fourth-order valence-electron chi connectivity index (χ4n) is 3.22. The van der Waals surface area contributed by atoms with E-state index in [-0.39, 0.29) is 12.1 Å². The van der Waals surface area contributed by atoms with E-state index in [0.717, 1.165) is 41.7 Å². The van der Waals surface area contributed by atoms with Crippen molar-refractivity contribution in [3.05, 3.63) is 35.1 Å². The Kier molecular flexibility index (Phi) is 4.87. The van der Waals surface area contributed by atoms with Crippen molar-refractivity contribution >= 4 is 11.8 Å². The number of piperazine rings is 1.